The largest absolute Gasteiger partial charge is 0.465 e. The first-order chi connectivity index (χ1) is 16.1. The molecule has 0 aliphatic carbocycles. The van der Waals surface area contributed by atoms with Crippen molar-refractivity contribution < 1.29 is 13.9 Å². The summed E-state index contributed by atoms with van der Waals surface area (Å²) in [6, 6.07) is 14.5. The third kappa shape index (κ3) is 4.75. The molecular weight excluding hydrogens is 446 g/mol. The third-order valence-corrected chi connectivity index (χ3v) is 6.70. The first-order valence-electron chi connectivity index (χ1n) is 11.1. The van der Waals surface area contributed by atoms with Crippen LogP contribution in [0, 0.1) is 20.8 Å². The standard InChI is InChI=1S/C27H29N3O3S/c1-15-12-16(2)23-20(29-30-26-28-17(3)24(34-26)25(31)32-7)14-21(33-22(23)13-15)18-8-10-19(11-9-18)27(4,5)6/h8-14H,1-7H3,(H,28,30). The molecule has 7 heteroatoms. The maximum absolute atomic E-state index is 11.9. The Bertz CT molecular complexity index is 1440. The highest BCUT2D eigenvalue weighted by atomic mass is 32.1. The molecule has 2 heterocycles. The molecule has 6 nitrogen and oxygen atoms in total. The summed E-state index contributed by atoms with van der Waals surface area (Å²) >= 11 is 1.21. The molecule has 34 heavy (non-hydrogen) atoms. The molecule has 0 aliphatic rings. The molecule has 0 spiro atoms. The number of esters is 1. The minimum absolute atomic E-state index is 0.0760. The average Bonchev–Trinajstić information content (AvgIpc) is 3.16. The number of carbonyl (C=O) groups excluding carboxylic acids is 1. The number of anilines is 1. The van der Waals surface area contributed by atoms with Crippen LogP contribution in [0.1, 0.15) is 52.8 Å². The smallest absolute Gasteiger partial charge is 0.350 e. The SMILES string of the molecule is COC(=O)c1sc(NN=c2cc(-c3ccc(C(C)(C)C)cc3)oc3cc(C)cc(C)c23)nc1C. The number of methoxy groups -OCH3 is 1. The van der Waals surface area contributed by atoms with Gasteiger partial charge < -0.3 is 9.15 Å². The van der Waals surface area contributed by atoms with Crippen molar-refractivity contribution in [3.05, 3.63) is 75.1 Å². The number of nitrogens with zero attached hydrogens (tertiary/aromatic N) is 2. The highest BCUT2D eigenvalue weighted by Crippen LogP contribution is 2.28. The van der Waals surface area contributed by atoms with Crippen LogP contribution in [0.25, 0.3) is 22.3 Å². The van der Waals surface area contributed by atoms with Crippen LogP contribution in [0.5, 0.6) is 0 Å². The second-order valence-electron chi connectivity index (χ2n) is 9.43. The summed E-state index contributed by atoms with van der Waals surface area (Å²) in [5.41, 5.74) is 8.89. The van der Waals surface area contributed by atoms with Gasteiger partial charge in [0, 0.05) is 17.0 Å². The molecule has 1 N–H and O–H groups in total. The molecule has 4 rings (SSSR count). The number of benzene rings is 2. The summed E-state index contributed by atoms with van der Waals surface area (Å²) < 4.78 is 11.2. The zero-order valence-corrected chi connectivity index (χ0v) is 21.4. The molecule has 0 fully saturated rings. The zero-order chi connectivity index (χ0) is 24.6. The van der Waals surface area contributed by atoms with E-state index in [4.69, 9.17) is 9.15 Å². The Labute approximate surface area is 203 Å². The van der Waals surface area contributed by atoms with Crippen LogP contribution in [0.3, 0.4) is 0 Å². The van der Waals surface area contributed by atoms with Crippen molar-refractivity contribution in [2.45, 2.75) is 47.0 Å². The van der Waals surface area contributed by atoms with Gasteiger partial charge in [0.05, 0.1) is 18.2 Å². The van der Waals surface area contributed by atoms with Crippen molar-refractivity contribution in [1.29, 1.82) is 0 Å². The third-order valence-electron chi connectivity index (χ3n) is 5.66. The number of hydrogen-bond donors (Lipinski definition) is 1. The summed E-state index contributed by atoms with van der Waals surface area (Å²) in [4.78, 5) is 16.8. The van der Waals surface area contributed by atoms with Gasteiger partial charge in [0.2, 0.25) is 5.13 Å². The number of carbonyl (C=O) groups is 1. The summed E-state index contributed by atoms with van der Waals surface area (Å²) in [7, 11) is 1.36. The minimum atomic E-state index is -0.403. The Morgan fingerprint density at radius 3 is 2.44 bits per heavy atom. The Kier molecular flexibility index (Phi) is 6.32. The fraction of sp³-hybridized carbons (Fsp3) is 0.296. The highest BCUT2D eigenvalue weighted by molar-refractivity contribution is 7.17. The van der Waals surface area contributed by atoms with E-state index in [1.54, 1.807) is 6.92 Å². The van der Waals surface area contributed by atoms with Gasteiger partial charge in [-0.2, -0.15) is 5.10 Å². The molecule has 2 aromatic heterocycles. The normalized spacial score (nSPS) is 12.3. The number of aryl methyl sites for hydroxylation is 3. The van der Waals surface area contributed by atoms with Crippen molar-refractivity contribution >= 4 is 33.4 Å². The molecule has 0 radical (unpaired) electrons. The quantitative estimate of drug-likeness (QED) is 0.269. The minimum Gasteiger partial charge on any atom is -0.465 e. The number of fused-ring (bicyclic) bond motifs is 1. The van der Waals surface area contributed by atoms with Crippen molar-refractivity contribution in [3.8, 4) is 11.3 Å². The van der Waals surface area contributed by atoms with E-state index in [1.165, 1.54) is 24.0 Å². The second-order valence-corrected chi connectivity index (χ2v) is 10.4. The Morgan fingerprint density at radius 1 is 1.09 bits per heavy atom. The lowest BCUT2D eigenvalue weighted by molar-refractivity contribution is 0.0605. The van der Waals surface area contributed by atoms with Gasteiger partial charge in [-0.3, -0.25) is 5.43 Å². The Hall–Kier alpha value is -3.45. The van der Waals surface area contributed by atoms with Crippen LogP contribution < -0.4 is 10.8 Å². The van der Waals surface area contributed by atoms with E-state index in [2.05, 4.69) is 73.5 Å². The van der Waals surface area contributed by atoms with Crippen molar-refractivity contribution in [2.75, 3.05) is 12.5 Å². The van der Waals surface area contributed by atoms with E-state index in [1.807, 2.05) is 19.1 Å². The summed E-state index contributed by atoms with van der Waals surface area (Å²) in [5.74, 6) is 0.323. The van der Waals surface area contributed by atoms with Gasteiger partial charge in [0.15, 0.2) is 0 Å². The fourth-order valence-corrected chi connectivity index (χ4v) is 4.71. The molecule has 176 valence electrons. The highest BCUT2D eigenvalue weighted by Gasteiger charge is 2.16. The van der Waals surface area contributed by atoms with Gasteiger partial charge in [-0.25, -0.2) is 9.78 Å². The Morgan fingerprint density at radius 2 is 1.79 bits per heavy atom. The first-order valence-corrected chi connectivity index (χ1v) is 11.9. The van der Waals surface area contributed by atoms with Crippen LogP contribution in [-0.4, -0.2) is 18.1 Å². The molecule has 0 amide bonds. The molecule has 0 saturated heterocycles. The summed E-state index contributed by atoms with van der Waals surface area (Å²) in [5, 5.41) is 6.85. The molecule has 0 atom stereocenters. The van der Waals surface area contributed by atoms with Crippen LogP contribution in [0.4, 0.5) is 5.13 Å². The molecule has 4 aromatic rings. The van der Waals surface area contributed by atoms with Gasteiger partial charge in [-0.05, 0) is 48.9 Å². The second kappa shape index (κ2) is 9.06. The molecule has 0 unspecified atom stereocenters. The van der Waals surface area contributed by atoms with E-state index in [0.29, 0.717) is 15.7 Å². The van der Waals surface area contributed by atoms with Crippen LogP contribution in [-0.2, 0) is 10.2 Å². The van der Waals surface area contributed by atoms with Crippen molar-refractivity contribution in [2.24, 2.45) is 5.10 Å². The van der Waals surface area contributed by atoms with Crippen molar-refractivity contribution in [1.82, 2.24) is 4.98 Å². The van der Waals surface area contributed by atoms with Gasteiger partial charge in [0.1, 0.15) is 16.2 Å². The Balaban J connectivity index is 1.83. The van der Waals surface area contributed by atoms with E-state index < -0.39 is 5.97 Å². The van der Waals surface area contributed by atoms with Gasteiger partial charge in [-0.15, -0.1) is 0 Å². The van der Waals surface area contributed by atoms with Gasteiger partial charge in [0.25, 0.3) is 0 Å². The summed E-state index contributed by atoms with van der Waals surface area (Å²) in [6.07, 6.45) is 0. The van der Waals surface area contributed by atoms with Crippen LogP contribution in [0.2, 0.25) is 0 Å². The topological polar surface area (TPSA) is 76.7 Å². The number of aromatic nitrogens is 1. The number of rotatable bonds is 4. The fourth-order valence-electron chi connectivity index (χ4n) is 3.88. The number of nitrogens with one attached hydrogen (secondary N) is 1. The number of hydrogen-bond acceptors (Lipinski definition) is 7. The summed E-state index contributed by atoms with van der Waals surface area (Å²) in [6.45, 7) is 12.5. The maximum atomic E-state index is 11.9. The lowest BCUT2D eigenvalue weighted by atomic mass is 9.86. The molecule has 0 saturated carbocycles. The number of ether oxygens (including phenoxy) is 1. The first kappa shape index (κ1) is 23.7. The van der Waals surface area contributed by atoms with Gasteiger partial charge in [-0.1, -0.05) is 62.4 Å². The van der Waals surface area contributed by atoms with Crippen LogP contribution >= 0.6 is 11.3 Å². The van der Waals surface area contributed by atoms with E-state index in [-0.39, 0.29) is 5.41 Å². The average molecular weight is 476 g/mol. The molecule has 2 aromatic carbocycles. The van der Waals surface area contributed by atoms with E-state index in [9.17, 15) is 4.79 Å². The lowest BCUT2D eigenvalue weighted by Crippen LogP contribution is -2.11. The van der Waals surface area contributed by atoms with E-state index >= 15 is 0 Å². The zero-order valence-electron chi connectivity index (χ0n) is 20.6. The van der Waals surface area contributed by atoms with Crippen molar-refractivity contribution in [3.63, 3.8) is 0 Å². The molecular formula is C27H29N3O3S. The predicted octanol–water partition coefficient (Wildman–Crippen LogP) is 6.49. The molecule has 0 aliphatic heterocycles. The van der Waals surface area contributed by atoms with Gasteiger partial charge >= 0.3 is 5.97 Å². The lowest BCUT2D eigenvalue weighted by Gasteiger charge is -2.19. The van der Waals surface area contributed by atoms with Crippen LogP contribution in [0.15, 0.2) is 52.0 Å². The molecule has 0 bridgehead atoms. The predicted molar refractivity (Wildman–Crippen MR) is 137 cm³/mol. The monoisotopic (exact) mass is 475 g/mol. The van der Waals surface area contributed by atoms with E-state index in [0.717, 1.165) is 38.8 Å². The maximum Gasteiger partial charge on any atom is 0.350 e. The number of thiazole rings is 1.